The molecule has 1 aliphatic rings. The van der Waals surface area contributed by atoms with Crippen LogP contribution in [0.25, 0.3) is 0 Å². The summed E-state index contributed by atoms with van der Waals surface area (Å²) in [5.41, 5.74) is 0. The zero-order chi connectivity index (χ0) is 11.4. The molecule has 2 heterocycles. The predicted molar refractivity (Wildman–Crippen MR) is 68.7 cm³/mol. The van der Waals surface area contributed by atoms with Crippen LogP contribution in [0.3, 0.4) is 0 Å². The fraction of sp³-hybridized carbons (Fsp3) is 0.500. The molecule has 0 aromatic carbocycles. The number of hydrogen-bond acceptors (Lipinski definition) is 3. The topological polar surface area (TPSA) is 44.4 Å². The van der Waals surface area contributed by atoms with Gasteiger partial charge >= 0.3 is 6.03 Å². The molecule has 0 aliphatic carbocycles. The van der Waals surface area contributed by atoms with Crippen LogP contribution in [-0.2, 0) is 6.54 Å². The fourth-order valence-corrected chi connectivity index (χ4v) is 3.02. The van der Waals surface area contributed by atoms with Gasteiger partial charge in [0.15, 0.2) is 0 Å². The molecule has 0 radical (unpaired) electrons. The van der Waals surface area contributed by atoms with E-state index < -0.39 is 0 Å². The van der Waals surface area contributed by atoms with Crippen molar-refractivity contribution >= 4 is 33.3 Å². The lowest BCUT2D eigenvalue weighted by molar-refractivity contribution is 0.217. The van der Waals surface area contributed by atoms with E-state index in [1.165, 1.54) is 4.88 Å². The Morgan fingerprint density at radius 3 is 3.12 bits per heavy atom. The van der Waals surface area contributed by atoms with E-state index >= 15 is 0 Å². The van der Waals surface area contributed by atoms with Gasteiger partial charge in [0.05, 0.1) is 0 Å². The second kappa shape index (κ2) is 5.65. The Hall–Kier alpha value is -0.590. The quantitative estimate of drug-likeness (QED) is 0.812. The van der Waals surface area contributed by atoms with Crippen LogP contribution < -0.4 is 10.6 Å². The minimum absolute atomic E-state index is 0.0562. The highest BCUT2D eigenvalue weighted by Gasteiger charge is 2.17. The number of rotatable bonds is 5. The minimum Gasteiger partial charge on any atom is -0.336 e. The lowest BCUT2D eigenvalue weighted by atomic mass is 10.4. The SMILES string of the molecule is O=C1NCCN1CCNCc1cc(Br)cs1. The molecule has 6 heteroatoms. The van der Waals surface area contributed by atoms with Gasteiger partial charge in [-0.3, -0.25) is 0 Å². The van der Waals surface area contributed by atoms with Crippen LogP contribution in [0.15, 0.2) is 15.9 Å². The molecule has 88 valence electrons. The summed E-state index contributed by atoms with van der Waals surface area (Å²) in [4.78, 5) is 14.4. The summed E-state index contributed by atoms with van der Waals surface area (Å²) in [5.74, 6) is 0. The molecule has 1 aromatic heterocycles. The molecule has 0 saturated carbocycles. The molecule has 1 saturated heterocycles. The Morgan fingerprint density at radius 2 is 2.50 bits per heavy atom. The maximum absolute atomic E-state index is 11.2. The van der Waals surface area contributed by atoms with Crippen molar-refractivity contribution in [1.82, 2.24) is 15.5 Å². The monoisotopic (exact) mass is 303 g/mol. The third-order valence-electron chi connectivity index (χ3n) is 2.42. The second-order valence-electron chi connectivity index (χ2n) is 3.63. The molecule has 0 unspecified atom stereocenters. The summed E-state index contributed by atoms with van der Waals surface area (Å²) in [6, 6.07) is 2.17. The highest BCUT2D eigenvalue weighted by Crippen LogP contribution is 2.19. The number of thiophene rings is 1. The first-order valence-corrected chi connectivity index (χ1v) is 6.89. The number of hydrogen-bond donors (Lipinski definition) is 2. The number of nitrogens with one attached hydrogen (secondary N) is 2. The van der Waals surface area contributed by atoms with E-state index in [0.717, 1.165) is 37.2 Å². The van der Waals surface area contributed by atoms with Crippen molar-refractivity contribution in [3.05, 3.63) is 20.8 Å². The van der Waals surface area contributed by atoms with Gasteiger partial charge in [0.2, 0.25) is 0 Å². The molecule has 16 heavy (non-hydrogen) atoms. The number of amides is 2. The van der Waals surface area contributed by atoms with E-state index in [9.17, 15) is 4.79 Å². The van der Waals surface area contributed by atoms with E-state index in [2.05, 4.69) is 38.0 Å². The third kappa shape index (κ3) is 3.20. The Labute approximate surface area is 107 Å². The summed E-state index contributed by atoms with van der Waals surface area (Å²) < 4.78 is 1.13. The molecule has 0 spiro atoms. The van der Waals surface area contributed by atoms with Gasteiger partial charge in [-0.15, -0.1) is 11.3 Å². The molecular formula is C10H14BrN3OS. The van der Waals surface area contributed by atoms with Gasteiger partial charge in [-0.25, -0.2) is 4.79 Å². The Kier molecular flexibility index (Phi) is 4.20. The van der Waals surface area contributed by atoms with Gasteiger partial charge in [0, 0.05) is 47.5 Å². The second-order valence-corrected chi connectivity index (χ2v) is 5.54. The standard InChI is InChI=1S/C10H14BrN3OS/c11-8-5-9(16-7-8)6-12-1-3-14-4-2-13-10(14)15/h5,7,12H,1-4,6H2,(H,13,15). The zero-order valence-corrected chi connectivity index (χ0v) is 11.2. The average molecular weight is 304 g/mol. The molecule has 2 N–H and O–H groups in total. The fourth-order valence-electron chi connectivity index (χ4n) is 1.60. The summed E-state index contributed by atoms with van der Waals surface area (Å²) in [6.07, 6.45) is 0. The molecule has 1 fully saturated rings. The van der Waals surface area contributed by atoms with Gasteiger partial charge in [0.1, 0.15) is 0 Å². The Balaban J connectivity index is 1.63. The number of carbonyl (C=O) groups is 1. The van der Waals surface area contributed by atoms with Crippen molar-refractivity contribution < 1.29 is 4.79 Å². The van der Waals surface area contributed by atoms with E-state index in [4.69, 9.17) is 0 Å². The van der Waals surface area contributed by atoms with Gasteiger partial charge in [-0.2, -0.15) is 0 Å². The van der Waals surface area contributed by atoms with E-state index in [1.807, 2.05) is 4.90 Å². The number of halogens is 1. The first kappa shape index (κ1) is 11.9. The van der Waals surface area contributed by atoms with Crippen molar-refractivity contribution in [3.63, 3.8) is 0 Å². The minimum atomic E-state index is 0.0562. The summed E-state index contributed by atoms with van der Waals surface area (Å²) in [5, 5.41) is 8.19. The summed E-state index contributed by atoms with van der Waals surface area (Å²) in [6.45, 7) is 4.08. The van der Waals surface area contributed by atoms with Crippen LogP contribution in [0, 0.1) is 0 Å². The van der Waals surface area contributed by atoms with Crippen LogP contribution in [0.5, 0.6) is 0 Å². The highest BCUT2D eigenvalue weighted by atomic mass is 79.9. The number of nitrogens with zero attached hydrogens (tertiary/aromatic N) is 1. The van der Waals surface area contributed by atoms with Crippen molar-refractivity contribution in [2.45, 2.75) is 6.54 Å². The Bertz CT molecular complexity index is 369. The smallest absolute Gasteiger partial charge is 0.317 e. The summed E-state index contributed by atoms with van der Waals surface area (Å²) >= 11 is 5.15. The van der Waals surface area contributed by atoms with Gasteiger partial charge in [-0.1, -0.05) is 0 Å². The van der Waals surface area contributed by atoms with Crippen molar-refractivity contribution in [2.75, 3.05) is 26.2 Å². The predicted octanol–water partition coefficient (Wildman–Crippen LogP) is 1.63. The first-order valence-electron chi connectivity index (χ1n) is 5.22. The van der Waals surface area contributed by atoms with Gasteiger partial charge < -0.3 is 15.5 Å². The van der Waals surface area contributed by atoms with Crippen LogP contribution in [0.4, 0.5) is 4.79 Å². The zero-order valence-electron chi connectivity index (χ0n) is 8.83. The van der Waals surface area contributed by atoms with Crippen LogP contribution in [-0.4, -0.2) is 37.1 Å². The molecule has 2 amide bonds. The molecule has 0 bridgehead atoms. The van der Waals surface area contributed by atoms with E-state index in [1.54, 1.807) is 11.3 Å². The molecule has 4 nitrogen and oxygen atoms in total. The lowest BCUT2D eigenvalue weighted by Crippen LogP contribution is -2.34. The number of urea groups is 1. The van der Waals surface area contributed by atoms with Crippen molar-refractivity contribution in [2.24, 2.45) is 0 Å². The van der Waals surface area contributed by atoms with Crippen LogP contribution >= 0.6 is 27.3 Å². The first-order chi connectivity index (χ1) is 7.75. The number of carbonyl (C=O) groups excluding carboxylic acids is 1. The van der Waals surface area contributed by atoms with Gasteiger partial charge in [0.25, 0.3) is 0 Å². The van der Waals surface area contributed by atoms with Gasteiger partial charge in [-0.05, 0) is 22.0 Å². The largest absolute Gasteiger partial charge is 0.336 e. The molecule has 2 rings (SSSR count). The average Bonchev–Trinajstić information content (AvgIpc) is 2.83. The molecular weight excluding hydrogens is 290 g/mol. The maximum atomic E-state index is 11.2. The normalized spacial score (nSPS) is 15.6. The molecule has 1 aliphatic heterocycles. The van der Waals surface area contributed by atoms with Crippen LogP contribution in [0.1, 0.15) is 4.88 Å². The summed E-state index contributed by atoms with van der Waals surface area (Å²) in [7, 11) is 0. The van der Waals surface area contributed by atoms with Crippen molar-refractivity contribution in [1.29, 1.82) is 0 Å². The Morgan fingerprint density at radius 1 is 1.62 bits per heavy atom. The van der Waals surface area contributed by atoms with Crippen LogP contribution in [0.2, 0.25) is 0 Å². The van der Waals surface area contributed by atoms with E-state index in [-0.39, 0.29) is 6.03 Å². The highest BCUT2D eigenvalue weighted by molar-refractivity contribution is 9.10. The van der Waals surface area contributed by atoms with E-state index in [0.29, 0.717) is 0 Å². The maximum Gasteiger partial charge on any atom is 0.317 e. The lowest BCUT2D eigenvalue weighted by Gasteiger charge is -2.13. The molecule has 1 aromatic rings. The third-order valence-corrected chi connectivity index (χ3v) is 4.12. The van der Waals surface area contributed by atoms with Crippen molar-refractivity contribution in [3.8, 4) is 0 Å². The molecule has 0 atom stereocenters.